The molecule has 2 aromatic rings. The smallest absolute Gasteiger partial charge is 0.337 e. The predicted molar refractivity (Wildman–Crippen MR) is 113 cm³/mol. The maximum atomic E-state index is 12.4. The number of nitro groups is 1. The van der Waals surface area contributed by atoms with E-state index in [0.29, 0.717) is 13.4 Å². The molecule has 27 heavy (non-hydrogen) atoms. The Morgan fingerprint density at radius 3 is 2.33 bits per heavy atom. The number of anilines is 1. The molecule has 0 unspecified atom stereocenters. The van der Waals surface area contributed by atoms with Crippen molar-refractivity contribution in [3.05, 3.63) is 65.0 Å². The van der Waals surface area contributed by atoms with Gasteiger partial charge in [-0.3, -0.25) is 20.2 Å². The third kappa shape index (κ3) is 5.31. The molecule has 140 valence electrons. The van der Waals surface area contributed by atoms with Crippen LogP contribution in [0.1, 0.15) is 20.7 Å². The number of benzene rings is 2. The first-order valence-corrected chi connectivity index (χ1v) is 9.67. The van der Waals surface area contributed by atoms with Crippen LogP contribution >= 0.6 is 60.0 Å². The second-order valence-electron chi connectivity index (χ2n) is 4.94. The number of thiocarbonyl (C=S) groups is 1. The summed E-state index contributed by atoms with van der Waals surface area (Å²) in [5.74, 6) is -1.90. The predicted octanol–water partition coefficient (Wildman–Crippen LogP) is 4.71. The minimum atomic E-state index is -1.20. The van der Waals surface area contributed by atoms with E-state index < -0.39 is 16.8 Å². The Morgan fingerprint density at radius 2 is 1.74 bits per heavy atom. The maximum absolute atomic E-state index is 12.4. The molecule has 0 spiro atoms. The van der Waals surface area contributed by atoms with Crippen molar-refractivity contribution in [3.63, 3.8) is 0 Å². The van der Waals surface area contributed by atoms with Crippen molar-refractivity contribution in [2.75, 3.05) is 5.32 Å². The molecule has 2 rings (SSSR count). The number of halogens is 3. The van der Waals surface area contributed by atoms with E-state index in [-0.39, 0.29) is 27.6 Å². The number of nitro benzene ring substituents is 1. The highest BCUT2D eigenvalue weighted by atomic mass is 79.9. The van der Waals surface area contributed by atoms with Crippen LogP contribution in [0, 0.1) is 10.1 Å². The summed E-state index contributed by atoms with van der Waals surface area (Å²) in [5, 5.41) is 25.0. The highest BCUT2D eigenvalue weighted by Gasteiger charge is 2.19. The number of amides is 1. The number of carbonyl (C=O) groups excluding carboxylic acids is 1. The summed E-state index contributed by atoms with van der Waals surface area (Å²) in [4.78, 5) is 34.0. The molecule has 0 aliphatic carbocycles. The topological polar surface area (TPSA) is 122 Å². The van der Waals surface area contributed by atoms with E-state index in [2.05, 4.69) is 58.4 Å². The lowest BCUT2D eigenvalue weighted by Gasteiger charge is -2.14. The van der Waals surface area contributed by atoms with Gasteiger partial charge in [0.1, 0.15) is 0 Å². The number of aromatic carboxylic acids is 1. The van der Waals surface area contributed by atoms with E-state index in [0.717, 1.165) is 6.07 Å². The Labute approximate surface area is 182 Å². The van der Waals surface area contributed by atoms with Crippen LogP contribution in [0.3, 0.4) is 0 Å². The molecule has 3 N–H and O–H groups in total. The fraction of sp³-hybridized carbons (Fsp3) is 0. The van der Waals surface area contributed by atoms with Crippen LogP contribution in [-0.4, -0.2) is 27.0 Å². The highest BCUT2D eigenvalue weighted by Crippen LogP contribution is 2.31. The highest BCUT2D eigenvalue weighted by molar-refractivity contribution is 9.11. The molecule has 0 saturated heterocycles. The van der Waals surface area contributed by atoms with Crippen LogP contribution in [0.2, 0.25) is 0 Å². The number of hydrogen-bond acceptors (Lipinski definition) is 5. The molecule has 1 amide bonds. The molecule has 0 aliphatic rings. The Morgan fingerprint density at radius 1 is 1.07 bits per heavy atom. The minimum Gasteiger partial charge on any atom is -0.478 e. The zero-order chi connectivity index (χ0) is 20.3. The summed E-state index contributed by atoms with van der Waals surface area (Å²) in [6.07, 6.45) is 0. The van der Waals surface area contributed by atoms with Crippen LogP contribution in [0.25, 0.3) is 0 Å². The first kappa shape index (κ1) is 21.4. The first-order valence-electron chi connectivity index (χ1n) is 6.88. The quantitative estimate of drug-likeness (QED) is 0.272. The Hall–Kier alpha value is -1.89. The van der Waals surface area contributed by atoms with Crippen molar-refractivity contribution in [1.82, 2.24) is 5.32 Å². The summed E-state index contributed by atoms with van der Waals surface area (Å²) < 4.78 is 1.28. The van der Waals surface area contributed by atoms with E-state index in [1.165, 1.54) is 18.2 Å². The number of rotatable bonds is 4. The van der Waals surface area contributed by atoms with E-state index >= 15 is 0 Å². The van der Waals surface area contributed by atoms with Crippen molar-refractivity contribution in [3.8, 4) is 0 Å². The Bertz CT molecular complexity index is 983. The number of nitrogens with zero attached hydrogens (tertiary/aromatic N) is 1. The Kier molecular flexibility index (Phi) is 7.03. The zero-order valence-electron chi connectivity index (χ0n) is 13.0. The van der Waals surface area contributed by atoms with Gasteiger partial charge in [-0.15, -0.1) is 0 Å². The molecular weight excluding hydrogens is 574 g/mol. The van der Waals surface area contributed by atoms with Gasteiger partial charge < -0.3 is 10.4 Å². The summed E-state index contributed by atoms with van der Waals surface area (Å²) in [5.41, 5.74) is -0.189. The van der Waals surface area contributed by atoms with Gasteiger partial charge in [0.2, 0.25) is 0 Å². The largest absolute Gasteiger partial charge is 0.478 e. The van der Waals surface area contributed by atoms with Gasteiger partial charge in [-0.25, -0.2) is 4.79 Å². The van der Waals surface area contributed by atoms with Crippen molar-refractivity contribution in [2.45, 2.75) is 0 Å². The molecular formula is C15H8Br3N3O5S. The Balaban J connectivity index is 2.25. The van der Waals surface area contributed by atoms with Crippen molar-refractivity contribution < 1.29 is 19.6 Å². The fourth-order valence-corrected chi connectivity index (χ4v) is 3.93. The van der Waals surface area contributed by atoms with Gasteiger partial charge >= 0.3 is 5.97 Å². The molecule has 0 saturated carbocycles. The van der Waals surface area contributed by atoms with Gasteiger partial charge in [0.15, 0.2) is 5.11 Å². The van der Waals surface area contributed by atoms with Gasteiger partial charge in [0.05, 0.1) is 21.7 Å². The zero-order valence-corrected chi connectivity index (χ0v) is 18.5. The fourth-order valence-electron chi connectivity index (χ4n) is 1.99. The second-order valence-corrected chi connectivity index (χ2v) is 7.98. The summed E-state index contributed by atoms with van der Waals surface area (Å²) in [7, 11) is 0. The van der Waals surface area contributed by atoms with Crippen LogP contribution in [0.15, 0.2) is 43.7 Å². The standard InChI is InChI=1S/C15H8Br3N3O5S/c16-6-3-9(14(23)24)12(11(18)4-6)19-15(27)20-13(22)8-5-7(21(25)26)1-2-10(8)17/h1-5H,(H,23,24)(H2,19,20,22,27). The number of carboxylic acids is 1. The summed E-state index contributed by atoms with van der Waals surface area (Å²) in [6.45, 7) is 0. The maximum Gasteiger partial charge on any atom is 0.337 e. The molecule has 0 atom stereocenters. The van der Waals surface area contributed by atoms with Gasteiger partial charge in [0, 0.05) is 25.6 Å². The number of hydrogen-bond donors (Lipinski definition) is 3. The first-order chi connectivity index (χ1) is 12.6. The third-order valence-electron chi connectivity index (χ3n) is 3.16. The molecule has 0 aliphatic heterocycles. The van der Waals surface area contributed by atoms with Gasteiger partial charge in [0.25, 0.3) is 11.6 Å². The monoisotopic (exact) mass is 579 g/mol. The summed E-state index contributed by atoms with van der Waals surface area (Å²) >= 11 is 14.6. The van der Waals surface area contributed by atoms with Crippen LogP contribution in [0.5, 0.6) is 0 Å². The molecule has 8 nitrogen and oxygen atoms in total. The van der Waals surface area contributed by atoms with Crippen molar-refractivity contribution >= 4 is 88.4 Å². The van der Waals surface area contributed by atoms with Crippen LogP contribution in [0.4, 0.5) is 11.4 Å². The van der Waals surface area contributed by atoms with Crippen LogP contribution < -0.4 is 10.6 Å². The van der Waals surface area contributed by atoms with Gasteiger partial charge in [-0.05, 0) is 62.3 Å². The van der Waals surface area contributed by atoms with Crippen molar-refractivity contribution in [2.24, 2.45) is 0 Å². The molecule has 12 heteroatoms. The molecule has 0 heterocycles. The third-order valence-corrected chi connectivity index (χ3v) is 5.14. The van der Waals surface area contributed by atoms with E-state index in [9.17, 15) is 24.8 Å². The molecule has 2 aromatic carbocycles. The lowest BCUT2D eigenvalue weighted by Crippen LogP contribution is -2.34. The van der Waals surface area contributed by atoms with E-state index in [1.54, 1.807) is 6.07 Å². The summed E-state index contributed by atoms with van der Waals surface area (Å²) in [6, 6.07) is 6.69. The average molecular weight is 582 g/mol. The molecule has 0 radical (unpaired) electrons. The molecule has 0 bridgehead atoms. The second kappa shape index (κ2) is 8.87. The van der Waals surface area contributed by atoms with Crippen LogP contribution in [-0.2, 0) is 0 Å². The minimum absolute atomic E-state index is 0.00156. The molecule has 0 aromatic heterocycles. The van der Waals surface area contributed by atoms with Crippen molar-refractivity contribution in [1.29, 1.82) is 0 Å². The number of nitrogens with one attached hydrogen (secondary N) is 2. The lowest BCUT2D eigenvalue weighted by atomic mass is 10.2. The number of carbonyl (C=O) groups is 2. The van der Waals surface area contributed by atoms with Gasteiger partial charge in [-0.1, -0.05) is 15.9 Å². The van der Waals surface area contributed by atoms with E-state index in [1.807, 2.05) is 0 Å². The normalized spacial score (nSPS) is 10.2. The van der Waals surface area contributed by atoms with E-state index in [4.69, 9.17) is 12.2 Å². The lowest BCUT2D eigenvalue weighted by molar-refractivity contribution is -0.384. The van der Waals surface area contributed by atoms with Gasteiger partial charge in [-0.2, -0.15) is 0 Å². The number of non-ortho nitro benzene ring substituents is 1. The number of carboxylic acid groups (broad SMARTS) is 1. The SMILES string of the molecule is O=C(NC(=S)Nc1c(Br)cc(Br)cc1C(=O)O)c1cc([N+](=O)[O-])ccc1Br. The molecule has 0 fully saturated rings. The average Bonchev–Trinajstić information content (AvgIpc) is 2.56.